The monoisotopic (exact) mass is 265 g/mol. The van der Waals surface area contributed by atoms with Crippen LogP contribution in [0.3, 0.4) is 0 Å². The molecule has 1 saturated heterocycles. The quantitative estimate of drug-likeness (QED) is 0.732. The van der Waals surface area contributed by atoms with Gasteiger partial charge in [0.2, 0.25) is 0 Å². The lowest BCUT2D eigenvalue weighted by molar-refractivity contribution is 0.189. The van der Waals surface area contributed by atoms with Crippen molar-refractivity contribution in [3.63, 3.8) is 0 Å². The Morgan fingerprint density at radius 1 is 1.37 bits per heavy atom. The zero-order valence-electron chi connectivity index (χ0n) is 13.2. The molecule has 0 amide bonds. The van der Waals surface area contributed by atoms with E-state index in [4.69, 9.17) is 0 Å². The van der Waals surface area contributed by atoms with Gasteiger partial charge in [0.1, 0.15) is 5.54 Å². The van der Waals surface area contributed by atoms with E-state index >= 15 is 0 Å². The Kier molecular flexibility index (Phi) is 6.82. The fourth-order valence-electron chi connectivity index (χ4n) is 3.17. The predicted octanol–water partition coefficient (Wildman–Crippen LogP) is 3.31. The molecule has 0 aromatic heterocycles. The van der Waals surface area contributed by atoms with Crippen LogP contribution in [0.25, 0.3) is 0 Å². The molecule has 3 nitrogen and oxygen atoms in total. The van der Waals surface area contributed by atoms with Crippen molar-refractivity contribution in [1.82, 2.24) is 10.2 Å². The van der Waals surface area contributed by atoms with E-state index in [0.29, 0.717) is 0 Å². The molecule has 1 heterocycles. The summed E-state index contributed by atoms with van der Waals surface area (Å²) >= 11 is 0. The maximum Gasteiger partial charge on any atom is 0.103 e. The topological polar surface area (TPSA) is 39.1 Å². The first-order valence-electron chi connectivity index (χ1n) is 7.98. The highest BCUT2D eigenvalue weighted by atomic mass is 15.2. The van der Waals surface area contributed by atoms with E-state index in [-0.39, 0.29) is 5.54 Å². The first-order valence-corrected chi connectivity index (χ1v) is 7.98. The van der Waals surface area contributed by atoms with E-state index in [2.05, 4.69) is 37.1 Å². The van der Waals surface area contributed by atoms with Gasteiger partial charge in [-0.25, -0.2) is 0 Å². The second-order valence-corrected chi connectivity index (χ2v) is 6.20. The molecule has 1 N–H and O–H groups in total. The van der Waals surface area contributed by atoms with Crippen LogP contribution in [-0.4, -0.2) is 35.6 Å². The molecule has 0 saturated carbocycles. The van der Waals surface area contributed by atoms with Gasteiger partial charge in [-0.1, -0.05) is 13.8 Å². The summed E-state index contributed by atoms with van der Waals surface area (Å²) in [6, 6.07) is 3.94. The van der Waals surface area contributed by atoms with Crippen LogP contribution in [-0.2, 0) is 0 Å². The standard InChI is InChI=1S/C16H31N3/c1-5-11-18-16(4,13-17)10-7-12-19-14(3)8-9-15(19)6-2/h14-15,18H,5-12H2,1-4H3. The largest absolute Gasteiger partial charge is 0.300 e. The fraction of sp³-hybridized carbons (Fsp3) is 0.938. The highest BCUT2D eigenvalue weighted by Crippen LogP contribution is 2.26. The number of nitrogens with zero attached hydrogens (tertiary/aromatic N) is 2. The zero-order valence-corrected chi connectivity index (χ0v) is 13.2. The number of nitriles is 1. The first kappa shape index (κ1) is 16.5. The molecule has 1 aliphatic heterocycles. The van der Waals surface area contributed by atoms with E-state index in [1.807, 2.05) is 6.92 Å². The van der Waals surface area contributed by atoms with Crippen LogP contribution in [0.1, 0.15) is 66.2 Å². The van der Waals surface area contributed by atoms with Gasteiger partial charge in [-0.3, -0.25) is 10.2 Å². The van der Waals surface area contributed by atoms with Gasteiger partial charge in [-0.2, -0.15) is 5.26 Å². The molecule has 0 spiro atoms. The Bertz CT molecular complexity index is 297. The molecular weight excluding hydrogens is 234 g/mol. The van der Waals surface area contributed by atoms with E-state index < -0.39 is 0 Å². The number of likely N-dealkylation sites (tertiary alicyclic amines) is 1. The van der Waals surface area contributed by atoms with E-state index in [0.717, 1.165) is 44.4 Å². The third kappa shape index (κ3) is 4.78. The molecule has 1 aliphatic rings. The van der Waals surface area contributed by atoms with Gasteiger partial charge in [0.05, 0.1) is 6.07 Å². The lowest BCUT2D eigenvalue weighted by Crippen LogP contribution is -2.42. The number of hydrogen-bond donors (Lipinski definition) is 1. The molecule has 3 unspecified atom stereocenters. The van der Waals surface area contributed by atoms with Crippen molar-refractivity contribution in [2.24, 2.45) is 0 Å². The second-order valence-electron chi connectivity index (χ2n) is 6.20. The molecule has 0 aromatic rings. The number of hydrogen-bond acceptors (Lipinski definition) is 3. The Balaban J connectivity index is 2.37. The minimum atomic E-state index is -0.347. The van der Waals surface area contributed by atoms with E-state index in [1.54, 1.807) is 0 Å². The number of nitrogens with one attached hydrogen (secondary N) is 1. The van der Waals surface area contributed by atoms with Gasteiger partial charge in [0.25, 0.3) is 0 Å². The Labute approximate surface area is 119 Å². The lowest BCUT2D eigenvalue weighted by atomic mass is 9.97. The minimum absolute atomic E-state index is 0.347. The third-order valence-electron chi connectivity index (χ3n) is 4.53. The van der Waals surface area contributed by atoms with Gasteiger partial charge < -0.3 is 0 Å². The molecule has 3 heteroatoms. The molecule has 3 atom stereocenters. The van der Waals surface area contributed by atoms with Crippen LogP contribution < -0.4 is 5.32 Å². The van der Waals surface area contributed by atoms with Crippen molar-refractivity contribution in [1.29, 1.82) is 5.26 Å². The maximum atomic E-state index is 9.33. The fourth-order valence-corrected chi connectivity index (χ4v) is 3.17. The summed E-state index contributed by atoms with van der Waals surface area (Å²) in [5.74, 6) is 0. The third-order valence-corrected chi connectivity index (χ3v) is 4.53. The van der Waals surface area contributed by atoms with Gasteiger partial charge in [-0.05, 0) is 65.5 Å². The van der Waals surface area contributed by atoms with Crippen LogP contribution in [0.2, 0.25) is 0 Å². The van der Waals surface area contributed by atoms with Crippen LogP contribution in [0.15, 0.2) is 0 Å². The molecule has 0 bridgehead atoms. The molecule has 110 valence electrons. The molecule has 0 radical (unpaired) electrons. The van der Waals surface area contributed by atoms with Crippen molar-refractivity contribution in [3.05, 3.63) is 0 Å². The van der Waals surface area contributed by atoms with Crippen molar-refractivity contribution < 1.29 is 0 Å². The maximum absolute atomic E-state index is 9.33. The molecular formula is C16H31N3. The average molecular weight is 265 g/mol. The van der Waals surface area contributed by atoms with Crippen LogP contribution in [0, 0.1) is 11.3 Å². The van der Waals surface area contributed by atoms with Gasteiger partial charge in [0, 0.05) is 12.1 Å². The van der Waals surface area contributed by atoms with Crippen LogP contribution in [0.5, 0.6) is 0 Å². The normalized spacial score (nSPS) is 27.1. The van der Waals surface area contributed by atoms with Gasteiger partial charge >= 0.3 is 0 Å². The van der Waals surface area contributed by atoms with Crippen LogP contribution >= 0.6 is 0 Å². The second kappa shape index (κ2) is 7.87. The lowest BCUT2D eigenvalue weighted by Gasteiger charge is -2.29. The number of rotatable bonds is 8. The van der Waals surface area contributed by atoms with Crippen molar-refractivity contribution >= 4 is 0 Å². The molecule has 0 aromatic carbocycles. The molecule has 1 fully saturated rings. The van der Waals surface area contributed by atoms with E-state index in [1.165, 1.54) is 19.3 Å². The summed E-state index contributed by atoms with van der Waals surface area (Å²) in [6.45, 7) is 10.9. The van der Waals surface area contributed by atoms with Gasteiger partial charge in [-0.15, -0.1) is 0 Å². The highest BCUT2D eigenvalue weighted by molar-refractivity contribution is 5.03. The Hall–Kier alpha value is -0.590. The first-order chi connectivity index (χ1) is 9.06. The highest BCUT2D eigenvalue weighted by Gasteiger charge is 2.29. The van der Waals surface area contributed by atoms with Crippen molar-refractivity contribution in [3.8, 4) is 6.07 Å². The molecule has 0 aliphatic carbocycles. The average Bonchev–Trinajstić information content (AvgIpc) is 2.77. The van der Waals surface area contributed by atoms with Crippen molar-refractivity contribution in [2.45, 2.75) is 83.8 Å². The van der Waals surface area contributed by atoms with Gasteiger partial charge in [0.15, 0.2) is 0 Å². The Morgan fingerprint density at radius 2 is 2.11 bits per heavy atom. The summed E-state index contributed by atoms with van der Waals surface area (Å²) in [6.07, 6.45) is 7.08. The van der Waals surface area contributed by atoms with Crippen molar-refractivity contribution in [2.75, 3.05) is 13.1 Å². The Morgan fingerprint density at radius 3 is 2.68 bits per heavy atom. The minimum Gasteiger partial charge on any atom is -0.300 e. The predicted molar refractivity (Wildman–Crippen MR) is 81.0 cm³/mol. The molecule has 19 heavy (non-hydrogen) atoms. The summed E-state index contributed by atoms with van der Waals surface area (Å²) in [5, 5.41) is 12.7. The van der Waals surface area contributed by atoms with E-state index in [9.17, 15) is 5.26 Å². The summed E-state index contributed by atoms with van der Waals surface area (Å²) in [4.78, 5) is 2.65. The zero-order chi connectivity index (χ0) is 14.3. The van der Waals surface area contributed by atoms with Crippen LogP contribution in [0.4, 0.5) is 0 Å². The summed E-state index contributed by atoms with van der Waals surface area (Å²) in [7, 11) is 0. The summed E-state index contributed by atoms with van der Waals surface area (Å²) < 4.78 is 0. The smallest absolute Gasteiger partial charge is 0.103 e. The SMILES string of the molecule is CCCNC(C)(C#N)CCCN1C(C)CCC1CC. The molecule has 1 rings (SSSR count). The summed E-state index contributed by atoms with van der Waals surface area (Å²) in [5.41, 5.74) is -0.347.